The molecule has 1 saturated heterocycles. The summed E-state index contributed by atoms with van der Waals surface area (Å²) in [5.41, 5.74) is 1.75. The number of halogens is 1. The van der Waals surface area contributed by atoms with Crippen molar-refractivity contribution in [3.05, 3.63) is 22.3 Å². The minimum Gasteiger partial charge on any atom is -0.367 e. The predicted molar refractivity (Wildman–Crippen MR) is 81.8 cm³/mol. The van der Waals surface area contributed by atoms with Crippen LogP contribution in [0.3, 0.4) is 0 Å². The molecule has 1 aliphatic heterocycles. The number of hydrogen-bond acceptors (Lipinski definition) is 2. The van der Waals surface area contributed by atoms with Crippen LogP contribution in [-0.2, 0) is 0 Å². The van der Waals surface area contributed by atoms with E-state index in [9.17, 15) is 0 Å². The number of nitrogens with zero attached hydrogens (tertiary/aromatic N) is 2. The number of piperazine rings is 1. The van der Waals surface area contributed by atoms with Gasteiger partial charge in [-0.1, -0.05) is 22.0 Å². The second-order valence-corrected chi connectivity index (χ2v) is 7.32. The summed E-state index contributed by atoms with van der Waals surface area (Å²) in [7, 11) is 0. The van der Waals surface area contributed by atoms with Gasteiger partial charge in [0.1, 0.15) is 0 Å². The van der Waals surface area contributed by atoms with E-state index in [-0.39, 0.29) is 5.54 Å². The first-order chi connectivity index (χ1) is 8.40. The first-order valence-corrected chi connectivity index (χ1v) is 7.76. The quantitative estimate of drug-likeness (QED) is 0.766. The average Bonchev–Trinajstić information content (AvgIpc) is 2.29. The van der Waals surface area contributed by atoms with Crippen molar-refractivity contribution in [1.29, 1.82) is 0 Å². The summed E-state index contributed by atoms with van der Waals surface area (Å²) in [6.07, 6.45) is 6.82. The highest BCUT2D eigenvalue weighted by atomic mass is 79.9. The van der Waals surface area contributed by atoms with Gasteiger partial charge < -0.3 is 4.90 Å². The third kappa shape index (κ3) is 3.00. The van der Waals surface area contributed by atoms with Gasteiger partial charge in [0.05, 0.1) is 0 Å². The van der Waals surface area contributed by atoms with E-state index in [1.807, 2.05) is 0 Å². The van der Waals surface area contributed by atoms with Crippen molar-refractivity contribution in [3.8, 4) is 0 Å². The van der Waals surface area contributed by atoms with Crippen molar-refractivity contribution < 1.29 is 0 Å². The fraction of sp³-hybridized carbons (Fsp3) is 0.733. The highest BCUT2D eigenvalue weighted by Gasteiger charge is 2.35. The second kappa shape index (κ2) is 5.38. The molecule has 0 amide bonds. The molecule has 0 unspecified atom stereocenters. The largest absolute Gasteiger partial charge is 0.367 e. The van der Waals surface area contributed by atoms with E-state index in [0.29, 0.717) is 6.04 Å². The summed E-state index contributed by atoms with van der Waals surface area (Å²) in [5, 5.41) is 0. The van der Waals surface area contributed by atoms with Crippen LogP contribution < -0.4 is 0 Å². The van der Waals surface area contributed by atoms with Gasteiger partial charge in [0.2, 0.25) is 0 Å². The maximum absolute atomic E-state index is 3.59. The Balaban J connectivity index is 2.11. The lowest BCUT2D eigenvalue weighted by Gasteiger charge is -2.51. The van der Waals surface area contributed by atoms with Gasteiger partial charge in [0.25, 0.3) is 0 Å². The van der Waals surface area contributed by atoms with E-state index < -0.39 is 0 Å². The normalized spacial score (nSPS) is 25.1. The van der Waals surface area contributed by atoms with Crippen LogP contribution >= 0.6 is 15.9 Å². The standard InChI is InChI=1S/C15H25BrN2/c1-12(2)17-9-10-18(15(3,4)11-17)14-7-5-13(16)6-8-14/h5,7,12H,6,8-11H2,1-4H3. The molecule has 2 nitrogen and oxygen atoms in total. The maximum Gasteiger partial charge on any atom is 0.0470 e. The van der Waals surface area contributed by atoms with Crippen LogP contribution in [0.1, 0.15) is 40.5 Å². The van der Waals surface area contributed by atoms with Gasteiger partial charge in [-0.25, -0.2) is 0 Å². The zero-order valence-electron chi connectivity index (χ0n) is 12.0. The van der Waals surface area contributed by atoms with E-state index >= 15 is 0 Å². The van der Waals surface area contributed by atoms with Crippen molar-refractivity contribution >= 4 is 15.9 Å². The van der Waals surface area contributed by atoms with Gasteiger partial charge in [-0.15, -0.1) is 0 Å². The molecule has 1 aliphatic carbocycles. The lowest BCUT2D eigenvalue weighted by Crippen LogP contribution is -2.60. The molecule has 2 rings (SSSR count). The minimum atomic E-state index is 0.242. The summed E-state index contributed by atoms with van der Waals surface area (Å²) < 4.78 is 1.32. The Labute approximate surface area is 120 Å². The molecule has 1 heterocycles. The topological polar surface area (TPSA) is 6.48 Å². The predicted octanol–water partition coefficient (Wildman–Crippen LogP) is 3.75. The molecule has 0 saturated carbocycles. The van der Waals surface area contributed by atoms with Gasteiger partial charge in [0.15, 0.2) is 0 Å². The molecule has 0 N–H and O–H groups in total. The van der Waals surface area contributed by atoms with E-state index in [2.05, 4.69) is 65.6 Å². The molecule has 0 bridgehead atoms. The van der Waals surface area contributed by atoms with Gasteiger partial charge >= 0.3 is 0 Å². The van der Waals surface area contributed by atoms with Gasteiger partial charge in [-0.2, -0.15) is 0 Å². The van der Waals surface area contributed by atoms with Gasteiger partial charge in [-0.3, -0.25) is 4.90 Å². The number of rotatable bonds is 2. The highest BCUT2D eigenvalue weighted by Crippen LogP contribution is 2.32. The Morgan fingerprint density at radius 3 is 2.39 bits per heavy atom. The Bertz CT molecular complexity index is 369. The molecular formula is C15H25BrN2. The van der Waals surface area contributed by atoms with Crippen LogP contribution in [0.4, 0.5) is 0 Å². The summed E-state index contributed by atoms with van der Waals surface area (Å²) in [4.78, 5) is 5.20. The Morgan fingerprint density at radius 2 is 1.89 bits per heavy atom. The molecule has 3 heteroatoms. The van der Waals surface area contributed by atoms with E-state index in [1.54, 1.807) is 0 Å². The van der Waals surface area contributed by atoms with Crippen molar-refractivity contribution in [3.63, 3.8) is 0 Å². The summed E-state index contributed by atoms with van der Waals surface area (Å²) in [6.45, 7) is 12.8. The molecule has 0 aromatic rings. The second-order valence-electron chi connectivity index (χ2n) is 6.30. The zero-order chi connectivity index (χ0) is 13.3. The molecule has 0 aromatic carbocycles. The van der Waals surface area contributed by atoms with Crippen LogP contribution in [0.15, 0.2) is 22.3 Å². The molecule has 0 aromatic heterocycles. The van der Waals surface area contributed by atoms with Crippen molar-refractivity contribution in [1.82, 2.24) is 9.80 Å². The van der Waals surface area contributed by atoms with Crippen LogP contribution in [0.25, 0.3) is 0 Å². The fourth-order valence-corrected chi connectivity index (χ4v) is 3.32. The first kappa shape index (κ1) is 14.1. The molecule has 2 aliphatic rings. The molecule has 18 heavy (non-hydrogen) atoms. The monoisotopic (exact) mass is 312 g/mol. The average molecular weight is 313 g/mol. The van der Waals surface area contributed by atoms with E-state index in [1.165, 1.54) is 23.1 Å². The van der Waals surface area contributed by atoms with Crippen LogP contribution in [0.5, 0.6) is 0 Å². The Morgan fingerprint density at radius 1 is 1.17 bits per heavy atom. The van der Waals surface area contributed by atoms with Crippen LogP contribution in [-0.4, -0.2) is 41.0 Å². The fourth-order valence-electron chi connectivity index (χ4n) is 2.99. The summed E-state index contributed by atoms with van der Waals surface area (Å²) >= 11 is 3.59. The van der Waals surface area contributed by atoms with Crippen molar-refractivity contribution in [2.75, 3.05) is 19.6 Å². The minimum absolute atomic E-state index is 0.242. The SMILES string of the molecule is CC(C)N1CCN(C2=CC=C(Br)CC2)C(C)(C)C1. The van der Waals surface area contributed by atoms with Gasteiger partial charge in [0, 0.05) is 36.9 Å². The highest BCUT2D eigenvalue weighted by molar-refractivity contribution is 9.11. The molecule has 0 spiro atoms. The van der Waals surface area contributed by atoms with Crippen molar-refractivity contribution in [2.45, 2.75) is 52.1 Å². The lowest BCUT2D eigenvalue weighted by atomic mass is 9.95. The zero-order valence-corrected chi connectivity index (χ0v) is 13.6. The lowest BCUT2D eigenvalue weighted by molar-refractivity contribution is 0.0274. The molecular weight excluding hydrogens is 288 g/mol. The Hall–Kier alpha value is -0.280. The number of allylic oxidation sites excluding steroid dienone is 4. The van der Waals surface area contributed by atoms with Crippen molar-refractivity contribution in [2.24, 2.45) is 0 Å². The first-order valence-electron chi connectivity index (χ1n) is 6.97. The van der Waals surface area contributed by atoms with E-state index in [4.69, 9.17) is 0 Å². The van der Waals surface area contributed by atoms with Crippen LogP contribution in [0, 0.1) is 0 Å². The smallest absolute Gasteiger partial charge is 0.0470 e. The molecule has 0 radical (unpaired) electrons. The number of hydrogen-bond donors (Lipinski definition) is 0. The maximum atomic E-state index is 3.59. The van der Waals surface area contributed by atoms with Gasteiger partial charge in [-0.05, 0) is 51.1 Å². The third-order valence-corrected chi connectivity index (χ3v) is 4.75. The molecule has 1 fully saturated rings. The Kier molecular flexibility index (Phi) is 4.22. The van der Waals surface area contributed by atoms with E-state index in [0.717, 1.165) is 19.5 Å². The summed E-state index contributed by atoms with van der Waals surface area (Å²) in [6, 6.07) is 0.654. The molecule has 102 valence electrons. The molecule has 0 atom stereocenters. The third-order valence-electron chi connectivity index (χ3n) is 4.09. The summed E-state index contributed by atoms with van der Waals surface area (Å²) in [5.74, 6) is 0. The van der Waals surface area contributed by atoms with Crippen LogP contribution in [0.2, 0.25) is 0 Å².